The summed E-state index contributed by atoms with van der Waals surface area (Å²) in [6.07, 6.45) is 3.78. The fourth-order valence-corrected chi connectivity index (χ4v) is 1.67. The average Bonchev–Trinajstić information content (AvgIpc) is 2.82. The maximum Gasteiger partial charge on any atom is 0.239 e. The van der Waals surface area contributed by atoms with Gasteiger partial charge in [-0.25, -0.2) is 0 Å². The highest BCUT2D eigenvalue weighted by atomic mass is 16.5. The lowest BCUT2D eigenvalue weighted by Crippen LogP contribution is -2.09. The first-order chi connectivity index (χ1) is 9.54. The van der Waals surface area contributed by atoms with Crippen molar-refractivity contribution in [1.29, 1.82) is 0 Å². The van der Waals surface area contributed by atoms with Gasteiger partial charge in [0.25, 0.3) is 0 Å². The molecule has 2 rings (SSSR count). The molecule has 0 amide bonds. The Hall–Kier alpha value is -2.24. The van der Waals surface area contributed by atoms with E-state index in [2.05, 4.69) is 29.2 Å². The van der Waals surface area contributed by atoms with Gasteiger partial charge in [0.2, 0.25) is 5.88 Å². The number of aromatic nitrogens is 3. The highest BCUT2D eigenvalue weighted by molar-refractivity contribution is 5.53. The molecule has 0 aliphatic heterocycles. The van der Waals surface area contributed by atoms with Gasteiger partial charge < -0.3 is 15.8 Å². The van der Waals surface area contributed by atoms with Crippen molar-refractivity contribution in [2.75, 3.05) is 17.7 Å². The Balaban J connectivity index is 1.99. The fourth-order valence-electron chi connectivity index (χ4n) is 1.67. The lowest BCUT2D eigenvalue weighted by Gasteiger charge is -2.11. The molecule has 0 aliphatic carbocycles. The third-order valence-corrected chi connectivity index (χ3v) is 2.68. The van der Waals surface area contributed by atoms with Crippen molar-refractivity contribution < 1.29 is 4.74 Å². The Kier molecular flexibility index (Phi) is 4.45. The summed E-state index contributed by atoms with van der Waals surface area (Å²) in [6, 6.07) is 3.64. The molecule has 6 nitrogen and oxygen atoms in total. The number of nitrogen functional groups attached to an aromatic ring is 1. The number of nitrogens with two attached hydrogens (primary N) is 1. The molecule has 0 unspecified atom stereocenters. The van der Waals surface area contributed by atoms with E-state index in [4.69, 9.17) is 10.5 Å². The zero-order valence-corrected chi connectivity index (χ0v) is 12.1. The van der Waals surface area contributed by atoms with Gasteiger partial charge in [-0.15, -0.1) is 0 Å². The van der Waals surface area contributed by atoms with E-state index in [1.54, 1.807) is 10.7 Å². The standard InChI is InChI=1S/C14H21N5O/c1-10(2)9-20-14-12(15)4-5-13(18-14)16-6-11-7-17-19(3)8-11/h4-5,7-8,10H,6,9,15H2,1-3H3,(H,16,18). The van der Waals surface area contributed by atoms with Crippen LogP contribution in [-0.4, -0.2) is 21.4 Å². The number of hydrogen-bond acceptors (Lipinski definition) is 5. The van der Waals surface area contributed by atoms with Crippen molar-refractivity contribution in [3.63, 3.8) is 0 Å². The van der Waals surface area contributed by atoms with Crippen molar-refractivity contribution in [2.45, 2.75) is 20.4 Å². The van der Waals surface area contributed by atoms with Crippen molar-refractivity contribution in [3.05, 3.63) is 30.1 Å². The normalized spacial score (nSPS) is 10.8. The highest BCUT2D eigenvalue weighted by Crippen LogP contribution is 2.21. The third-order valence-electron chi connectivity index (χ3n) is 2.68. The summed E-state index contributed by atoms with van der Waals surface area (Å²) in [6.45, 7) is 5.43. The molecule has 0 saturated heterocycles. The number of anilines is 2. The molecule has 2 heterocycles. The van der Waals surface area contributed by atoms with Crippen LogP contribution in [0, 0.1) is 5.92 Å². The van der Waals surface area contributed by atoms with E-state index in [9.17, 15) is 0 Å². The predicted molar refractivity (Wildman–Crippen MR) is 79.5 cm³/mol. The SMILES string of the molecule is CC(C)COc1nc(NCc2cnn(C)c2)ccc1N. The molecule has 20 heavy (non-hydrogen) atoms. The third kappa shape index (κ3) is 3.88. The van der Waals surface area contributed by atoms with Gasteiger partial charge in [-0.3, -0.25) is 4.68 Å². The molecule has 108 valence electrons. The Bertz CT molecular complexity index is 564. The van der Waals surface area contributed by atoms with Gasteiger partial charge in [0.1, 0.15) is 5.82 Å². The number of hydrogen-bond donors (Lipinski definition) is 2. The fraction of sp³-hybridized carbons (Fsp3) is 0.429. The molecule has 0 atom stereocenters. The van der Waals surface area contributed by atoms with Crippen molar-refractivity contribution >= 4 is 11.5 Å². The molecule has 3 N–H and O–H groups in total. The second kappa shape index (κ2) is 6.27. The Morgan fingerprint density at radius 1 is 1.40 bits per heavy atom. The van der Waals surface area contributed by atoms with Crippen LogP contribution in [0.5, 0.6) is 5.88 Å². The summed E-state index contributed by atoms with van der Waals surface area (Å²) in [4.78, 5) is 4.38. The number of nitrogens with one attached hydrogen (secondary N) is 1. The van der Waals surface area contributed by atoms with Crippen LogP contribution in [0.1, 0.15) is 19.4 Å². The largest absolute Gasteiger partial charge is 0.476 e. The summed E-state index contributed by atoms with van der Waals surface area (Å²) in [5, 5.41) is 7.35. The Morgan fingerprint density at radius 3 is 2.85 bits per heavy atom. The van der Waals surface area contributed by atoms with E-state index in [0.29, 0.717) is 30.6 Å². The first-order valence-electron chi connectivity index (χ1n) is 6.65. The average molecular weight is 275 g/mol. The lowest BCUT2D eigenvalue weighted by molar-refractivity contribution is 0.263. The van der Waals surface area contributed by atoms with E-state index in [-0.39, 0.29) is 0 Å². The molecular weight excluding hydrogens is 254 g/mol. The van der Waals surface area contributed by atoms with Crippen LogP contribution >= 0.6 is 0 Å². The topological polar surface area (TPSA) is 78.0 Å². The van der Waals surface area contributed by atoms with E-state index in [0.717, 1.165) is 11.4 Å². The molecule has 0 bridgehead atoms. The van der Waals surface area contributed by atoms with Gasteiger partial charge in [0.05, 0.1) is 18.5 Å². The summed E-state index contributed by atoms with van der Waals surface area (Å²) >= 11 is 0. The molecular formula is C14H21N5O. The molecule has 0 spiro atoms. The van der Waals surface area contributed by atoms with Gasteiger partial charge >= 0.3 is 0 Å². The van der Waals surface area contributed by atoms with Gasteiger partial charge in [0.15, 0.2) is 0 Å². The van der Waals surface area contributed by atoms with Crippen LogP contribution in [0.2, 0.25) is 0 Å². The van der Waals surface area contributed by atoms with Crippen LogP contribution in [0.3, 0.4) is 0 Å². The zero-order valence-electron chi connectivity index (χ0n) is 12.1. The summed E-state index contributed by atoms with van der Waals surface area (Å²) < 4.78 is 7.37. The van der Waals surface area contributed by atoms with Gasteiger partial charge in [-0.1, -0.05) is 13.8 Å². The predicted octanol–water partition coefficient (Wildman–Crippen LogP) is 2.04. The minimum absolute atomic E-state index is 0.434. The van der Waals surface area contributed by atoms with Crippen molar-refractivity contribution in [3.8, 4) is 5.88 Å². The summed E-state index contributed by atoms with van der Waals surface area (Å²) in [5.74, 6) is 1.65. The minimum atomic E-state index is 0.434. The number of aryl methyl sites for hydroxylation is 1. The van der Waals surface area contributed by atoms with Crippen molar-refractivity contribution in [2.24, 2.45) is 13.0 Å². The van der Waals surface area contributed by atoms with Crippen LogP contribution in [0.4, 0.5) is 11.5 Å². The second-order valence-corrected chi connectivity index (χ2v) is 5.17. The first-order valence-corrected chi connectivity index (χ1v) is 6.65. The molecule has 2 aromatic heterocycles. The Morgan fingerprint density at radius 2 is 2.20 bits per heavy atom. The molecule has 0 aromatic carbocycles. The van der Waals surface area contributed by atoms with E-state index in [1.807, 2.05) is 25.5 Å². The number of rotatable bonds is 6. The van der Waals surface area contributed by atoms with E-state index < -0.39 is 0 Å². The number of pyridine rings is 1. The van der Waals surface area contributed by atoms with Crippen LogP contribution in [-0.2, 0) is 13.6 Å². The number of nitrogens with zero attached hydrogens (tertiary/aromatic N) is 3. The van der Waals surface area contributed by atoms with Crippen molar-refractivity contribution in [1.82, 2.24) is 14.8 Å². The Labute approximate surface area is 119 Å². The van der Waals surface area contributed by atoms with Crippen LogP contribution in [0.15, 0.2) is 24.5 Å². The molecule has 0 fully saturated rings. The van der Waals surface area contributed by atoms with Crippen LogP contribution < -0.4 is 15.8 Å². The van der Waals surface area contributed by atoms with E-state index >= 15 is 0 Å². The molecule has 0 aliphatic rings. The first kappa shape index (κ1) is 14.2. The minimum Gasteiger partial charge on any atom is -0.476 e. The highest BCUT2D eigenvalue weighted by Gasteiger charge is 2.06. The number of ether oxygens (including phenoxy) is 1. The van der Waals surface area contributed by atoms with Gasteiger partial charge in [-0.2, -0.15) is 10.1 Å². The lowest BCUT2D eigenvalue weighted by atomic mass is 10.2. The smallest absolute Gasteiger partial charge is 0.239 e. The molecule has 0 saturated carbocycles. The monoisotopic (exact) mass is 275 g/mol. The molecule has 0 radical (unpaired) electrons. The maximum atomic E-state index is 5.86. The maximum absolute atomic E-state index is 5.86. The van der Waals surface area contributed by atoms with Crippen LogP contribution in [0.25, 0.3) is 0 Å². The summed E-state index contributed by atoms with van der Waals surface area (Å²) in [5.41, 5.74) is 7.50. The van der Waals surface area contributed by atoms with E-state index in [1.165, 1.54) is 0 Å². The zero-order chi connectivity index (χ0) is 14.5. The summed E-state index contributed by atoms with van der Waals surface area (Å²) in [7, 11) is 1.89. The quantitative estimate of drug-likeness (QED) is 0.843. The second-order valence-electron chi connectivity index (χ2n) is 5.17. The van der Waals surface area contributed by atoms with Gasteiger partial charge in [-0.05, 0) is 18.1 Å². The van der Waals surface area contributed by atoms with Gasteiger partial charge in [0, 0.05) is 25.4 Å². The molecule has 2 aromatic rings. The molecule has 6 heteroatoms.